The summed E-state index contributed by atoms with van der Waals surface area (Å²) in [5.41, 5.74) is 2.62. The van der Waals surface area contributed by atoms with E-state index in [1.165, 1.54) is 12.1 Å². The number of rotatable bonds is 6. The molecule has 0 radical (unpaired) electrons. The molecule has 1 aliphatic rings. The normalized spacial score (nSPS) is 16.5. The van der Waals surface area contributed by atoms with Gasteiger partial charge in [0.15, 0.2) is 0 Å². The summed E-state index contributed by atoms with van der Waals surface area (Å²) in [5, 5.41) is 0.517. The molecule has 1 aromatic heterocycles. The molecule has 2 heterocycles. The lowest BCUT2D eigenvalue weighted by Gasteiger charge is -2.36. The van der Waals surface area contributed by atoms with E-state index in [1.807, 2.05) is 28.8 Å². The summed E-state index contributed by atoms with van der Waals surface area (Å²) < 4.78 is 21.1. The van der Waals surface area contributed by atoms with E-state index < -0.39 is 0 Å². The van der Waals surface area contributed by atoms with Crippen LogP contribution in [0.3, 0.4) is 0 Å². The second-order valence-corrected chi connectivity index (χ2v) is 10.00. The van der Waals surface area contributed by atoms with Gasteiger partial charge < -0.3 is 9.64 Å². The Kier molecular flexibility index (Phi) is 6.88. The van der Waals surface area contributed by atoms with Crippen LogP contribution in [0.25, 0.3) is 22.3 Å². The fourth-order valence-electron chi connectivity index (χ4n) is 5.07. The quantitative estimate of drug-likeness (QED) is 0.316. The number of hydrogen-bond donors (Lipinski definition) is 0. The van der Waals surface area contributed by atoms with Gasteiger partial charge in [-0.15, -0.1) is 0 Å². The van der Waals surface area contributed by atoms with Crippen LogP contribution in [0.15, 0.2) is 71.5 Å². The summed E-state index contributed by atoms with van der Waals surface area (Å²) in [6.45, 7) is 9.21. The van der Waals surface area contributed by atoms with Crippen molar-refractivity contribution >= 4 is 10.9 Å². The Hall–Kier alpha value is -3.51. The Morgan fingerprint density at radius 3 is 2.56 bits per heavy atom. The van der Waals surface area contributed by atoms with Crippen molar-refractivity contribution in [3.8, 4) is 22.9 Å². The molecule has 0 bridgehead atoms. The van der Waals surface area contributed by atoms with E-state index in [4.69, 9.17) is 9.72 Å². The van der Waals surface area contributed by atoms with Gasteiger partial charge in [0, 0.05) is 24.7 Å². The lowest BCUT2D eigenvalue weighted by atomic mass is 9.96. The van der Waals surface area contributed by atoms with Gasteiger partial charge in [0.05, 0.1) is 10.9 Å². The Labute approximate surface area is 211 Å². The standard InChI is InChI=1S/C30H32FN3O2/c1-20(2)33-16-6-8-22(18-33)19-34-29(26-9-5-4-7-21(26)3)32-28-15-14-25(17-27(28)30(34)35)36-24-12-10-23(31)11-13-24/h4-5,7,9-15,17,20,22H,6,8,16,18-19H2,1-3H3/t22-/m1/s1. The fraction of sp³-hybridized carbons (Fsp3) is 0.333. The Balaban J connectivity index is 1.58. The average Bonchev–Trinajstić information content (AvgIpc) is 2.88. The molecule has 1 fully saturated rings. The molecule has 0 aliphatic carbocycles. The largest absolute Gasteiger partial charge is 0.457 e. The third-order valence-corrected chi connectivity index (χ3v) is 7.08. The highest BCUT2D eigenvalue weighted by atomic mass is 19.1. The third-order valence-electron chi connectivity index (χ3n) is 7.08. The first-order valence-electron chi connectivity index (χ1n) is 12.7. The summed E-state index contributed by atoms with van der Waals surface area (Å²) in [6.07, 6.45) is 2.22. The first-order valence-corrected chi connectivity index (χ1v) is 12.7. The van der Waals surface area contributed by atoms with Crippen LogP contribution >= 0.6 is 0 Å². The van der Waals surface area contributed by atoms with Gasteiger partial charge in [-0.25, -0.2) is 9.37 Å². The van der Waals surface area contributed by atoms with E-state index in [-0.39, 0.29) is 11.4 Å². The smallest absolute Gasteiger partial charge is 0.261 e. The van der Waals surface area contributed by atoms with Crippen molar-refractivity contribution in [1.29, 1.82) is 0 Å². The highest BCUT2D eigenvalue weighted by Gasteiger charge is 2.24. The molecule has 1 atom stereocenters. The van der Waals surface area contributed by atoms with E-state index in [9.17, 15) is 9.18 Å². The lowest BCUT2D eigenvalue weighted by Crippen LogP contribution is -2.42. The van der Waals surface area contributed by atoms with Crippen molar-refractivity contribution in [2.75, 3.05) is 13.1 Å². The third kappa shape index (κ3) is 5.05. The van der Waals surface area contributed by atoms with Crippen LogP contribution in [0.2, 0.25) is 0 Å². The first-order chi connectivity index (χ1) is 17.4. The number of aryl methyl sites for hydroxylation is 1. The number of halogens is 1. The van der Waals surface area contributed by atoms with E-state index in [0.717, 1.165) is 37.1 Å². The number of ether oxygens (including phenoxy) is 1. The maximum absolute atomic E-state index is 14.0. The second-order valence-electron chi connectivity index (χ2n) is 10.00. The molecule has 0 N–H and O–H groups in total. The van der Waals surface area contributed by atoms with Gasteiger partial charge >= 0.3 is 0 Å². The van der Waals surface area contributed by atoms with Crippen molar-refractivity contribution in [1.82, 2.24) is 14.5 Å². The minimum absolute atomic E-state index is 0.0653. The number of aromatic nitrogens is 2. The molecule has 0 unspecified atom stereocenters. The minimum Gasteiger partial charge on any atom is -0.457 e. The van der Waals surface area contributed by atoms with E-state index in [2.05, 4.69) is 31.7 Å². The van der Waals surface area contributed by atoms with Gasteiger partial charge in [-0.1, -0.05) is 24.3 Å². The van der Waals surface area contributed by atoms with Crippen LogP contribution in [0.1, 0.15) is 32.3 Å². The predicted molar refractivity (Wildman–Crippen MR) is 142 cm³/mol. The number of nitrogens with zero attached hydrogens (tertiary/aromatic N) is 3. The van der Waals surface area contributed by atoms with E-state index in [1.54, 1.807) is 24.3 Å². The zero-order chi connectivity index (χ0) is 25.2. The van der Waals surface area contributed by atoms with Crippen molar-refractivity contribution in [3.05, 3.63) is 88.5 Å². The molecule has 3 aromatic carbocycles. The highest BCUT2D eigenvalue weighted by molar-refractivity contribution is 5.81. The summed E-state index contributed by atoms with van der Waals surface area (Å²) in [5.74, 6) is 1.79. The van der Waals surface area contributed by atoms with Crippen molar-refractivity contribution in [3.63, 3.8) is 0 Å². The molecule has 186 valence electrons. The molecule has 36 heavy (non-hydrogen) atoms. The molecular formula is C30H32FN3O2. The first kappa shape index (κ1) is 24.2. The van der Waals surface area contributed by atoms with Gasteiger partial charge in [-0.2, -0.15) is 0 Å². The van der Waals surface area contributed by atoms with Crippen LogP contribution in [-0.2, 0) is 6.54 Å². The molecule has 0 spiro atoms. The summed E-state index contributed by atoms with van der Waals surface area (Å²) >= 11 is 0. The number of benzene rings is 3. The monoisotopic (exact) mass is 485 g/mol. The SMILES string of the molecule is Cc1ccccc1-c1nc2ccc(Oc3ccc(F)cc3)cc2c(=O)n1C[C@@H]1CCCN(C(C)C)C1. The van der Waals surface area contributed by atoms with Gasteiger partial charge in [0.1, 0.15) is 23.1 Å². The van der Waals surface area contributed by atoms with Crippen LogP contribution < -0.4 is 10.3 Å². The van der Waals surface area contributed by atoms with Crippen molar-refractivity contribution in [2.24, 2.45) is 5.92 Å². The van der Waals surface area contributed by atoms with Crippen LogP contribution in [0, 0.1) is 18.7 Å². The lowest BCUT2D eigenvalue weighted by molar-refractivity contribution is 0.130. The van der Waals surface area contributed by atoms with Gasteiger partial charge in [0.2, 0.25) is 0 Å². The zero-order valence-electron chi connectivity index (χ0n) is 21.1. The number of hydrogen-bond acceptors (Lipinski definition) is 4. The molecule has 4 aromatic rings. The Morgan fingerprint density at radius 2 is 1.81 bits per heavy atom. The van der Waals surface area contributed by atoms with E-state index in [0.29, 0.717) is 46.7 Å². The van der Waals surface area contributed by atoms with Crippen molar-refractivity contribution < 1.29 is 9.13 Å². The van der Waals surface area contributed by atoms with Crippen molar-refractivity contribution in [2.45, 2.75) is 46.2 Å². The zero-order valence-corrected chi connectivity index (χ0v) is 21.1. The van der Waals surface area contributed by atoms with Gasteiger partial charge in [0.25, 0.3) is 5.56 Å². The second kappa shape index (κ2) is 10.2. The van der Waals surface area contributed by atoms with Gasteiger partial charge in [-0.3, -0.25) is 9.36 Å². The molecule has 5 nitrogen and oxygen atoms in total. The van der Waals surface area contributed by atoms with E-state index >= 15 is 0 Å². The number of piperidine rings is 1. The summed E-state index contributed by atoms with van der Waals surface area (Å²) in [7, 11) is 0. The average molecular weight is 486 g/mol. The molecule has 5 rings (SSSR count). The van der Waals surface area contributed by atoms with Gasteiger partial charge in [-0.05, 0) is 94.1 Å². The molecule has 0 amide bonds. The van der Waals surface area contributed by atoms with Crippen LogP contribution in [-0.4, -0.2) is 33.6 Å². The summed E-state index contributed by atoms with van der Waals surface area (Å²) in [6, 6.07) is 19.8. The Bertz CT molecular complexity index is 1430. The van der Waals surface area contributed by atoms with Crippen LogP contribution in [0.4, 0.5) is 4.39 Å². The topological polar surface area (TPSA) is 47.4 Å². The minimum atomic E-state index is -0.324. The Morgan fingerprint density at radius 1 is 1.06 bits per heavy atom. The highest BCUT2D eigenvalue weighted by Crippen LogP contribution is 2.28. The molecule has 0 saturated carbocycles. The number of likely N-dealkylation sites (tertiary alicyclic amines) is 1. The molecule has 6 heteroatoms. The molecule has 1 saturated heterocycles. The fourth-order valence-corrected chi connectivity index (χ4v) is 5.07. The maximum atomic E-state index is 14.0. The molecular weight excluding hydrogens is 453 g/mol. The predicted octanol–water partition coefficient (Wildman–Crippen LogP) is 6.42. The maximum Gasteiger partial charge on any atom is 0.261 e. The summed E-state index contributed by atoms with van der Waals surface area (Å²) in [4.78, 5) is 21.5. The number of fused-ring (bicyclic) bond motifs is 1. The van der Waals surface area contributed by atoms with Crippen LogP contribution in [0.5, 0.6) is 11.5 Å². The molecule has 1 aliphatic heterocycles.